The molecular formula is C18H21F3N4O3S. The Kier molecular flexibility index (Phi) is 5.99. The van der Waals surface area contributed by atoms with Gasteiger partial charge in [0.2, 0.25) is 5.91 Å². The average molecular weight is 430 g/mol. The molecule has 1 atom stereocenters. The number of rotatable bonds is 3. The van der Waals surface area contributed by atoms with E-state index in [1.807, 2.05) is 18.1 Å². The Morgan fingerprint density at radius 2 is 2.03 bits per heavy atom. The van der Waals surface area contributed by atoms with Crippen molar-refractivity contribution < 1.29 is 27.9 Å². The number of aliphatic carboxylic acids is 1. The van der Waals surface area contributed by atoms with E-state index in [4.69, 9.17) is 9.90 Å². The maximum atomic E-state index is 13.0. The number of carboxylic acid groups (broad SMARTS) is 1. The van der Waals surface area contributed by atoms with Gasteiger partial charge in [-0.25, -0.2) is 4.79 Å². The van der Waals surface area contributed by atoms with E-state index in [1.165, 1.54) is 4.88 Å². The van der Waals surface area contributed by atoms with E-state index < -0.39 is 12.1 Å². The summed E-state index contributed by atoms with van der Waals surface area (Å²) in [5.41, 5.74) is 0.758. The first-order chi connectivity index (χ1) is 13.6. The second-order valence-electron chi connectivity index (χ2n) is 7.20. The number of aromatic nitrogens is 2. The molecule has 0 radical (unpaired) electrons. The summed E-state index contributed by atoms with van der Waals surface area (Å²) in [7, 11) is 1.89. The molecule has 0 aliphatic carbocycles. The van der Waals surface area contributed by atoms with Gasteiger partial charge in [-0.1, -0.05) is 6.07 Å². The molecule has 2 saturated heterocycles. The molecule has 11 heteroatoms. The predicted molar refractivity (Wildman–Crippen MR) is 101 cm³/mol. The highest BCUT2D eigenvalue weighted by Gasteiger charge is 2.51. The zero-order chi connectivity index (χ0) is 21.2. The number of thiophene rings is 1. The van der Waals surface area contributed by atoms with Crippen molar-refractivity contribution in [2.45, 2.75) is 25.6 Å². The highest BCUT2D eigenvalue weighted by atomic mass is 32.1. The van der Waals surface area contributed by atoms with Gasteiger partial charge >= 0.3 is 12.1 Å². The molecule has 1 unspecified atom stereocenters. The van der Waals surface area contributed by atoms with E-state index >= 15 is 0 Å². The van der Waals surface area contributed by atoms with Crippen molar-refractivity contribution in [1.82, 2.24) is 14.7 Å². The van der Waals surface area contributed by atoms with Gasteiger partial charge in [-0.3, -0.25) is 14.4 Å². The topological polar surface area (TPSA) is 78.7 Å². The molecule has 1 amide bonds. The first-order valence-corrected chi connectivity index (χ1v) is 9.84. The SMILES string of the molecule is Cn1cc(N2CCC3(CCN(Cc4cccs4)C3)C2=O)cn1.O=C(O)C(F)(F)F. The standard InChI is InChI=1S/C16H20N4OS.C2HF3O2/c1-18-10-13(9-17-18)20-7-5-16(15(20)21)4-6-19(12-16)11-14-3-2-8-22-14;3-2(4,5)1(6)7/h2-3,8-10H,4-7,11-12H2,1H3;(H,6,7). The zero-order valence-electron chi connectivity index (χ0n) is 15.7. The summed E-state index contributed by atoms with van der Waals surface area (Å²) in [6.45, 7) is 3.70. The molecule has 2 aliphatic rings. The van der Waals surface area contributed by atoms with E-state index in [-0.39, 0.29) is 11.3 Å². The maximum absolute atomic E-state index is 13.0. The summed E-state index contributed by atoms with van der Waals surface area (Å²) >= 11 is 1.79. The van der Waals surface area contributed by atoms with Crippen LogP contribution in [0.5, 0.6) is 0 Å². The van der Waals surface area contributed by atoms with Gasteiger partial charge in [0.25, 0.3) is 0 Å². The molecule has 4 heterocycles. The van der Waals surface area contributed by atoms with Crippen LogP contribution >= 0.6 is 11.3 Å². The number of alkyl halides is 3. The summed E-state index contributed by atoms with van der Waals surface area (Å²) in [4.78, 5) is 27.6. The average Bonchev–Trinajstić information content (AvgIpc) is 3.41. The lowest BCUT2D eigenvalue weighted by Crippen LogP contribution is -2.36. The Morgan fingerprint density at radius 3 is 2.59 bits per heavy atom. The molecule has 1 N–H and O–H groups in total. The third-order valence-corrected chi connectivity index (χ3v) is 6.01. The minimum absolute atomic E-state index is 0.174. The monoisotopic (exact) mass is 430 g/mol. The van der Waals surface area contributed by atoms with Crippen LogP contribution in [0.25, 0.3) is 0 Å². The molecule has 0 aromatic carbocycles. The number of nitrogens with zero attached hydrogens (tertiary/aromatic N) is 4. The molecule has 2 aromatic heterocycles. The van der Waals surface area contributed by atoms with Crippen LogP contribution in [0.15, 0.2) is 29.9 Å². The highest BCUT2D eigenvalue weighted by Crippen LogP contribution is 2.42. The first-order valence-electron chi connectivity index (χ1n) is 8.96. The summed E-state index contributed by atoms with van der Waals surface area (Å²) < 4.78 is 33.5. The lowest BCUT2D eigenvalue weighted by atomic mass is 9.85. The van der Waals surface area contributed by atoms with Crippen molar-refractivity contribution in [2.24, 2.45) is 12.5 Å². The first kappa shape index (κ1) is 21.3. The van der Waals surface area contributed by atoms with Gasteiger partial charge < -0.3 is 10.0 Å². The zero-order valence-corrected chi connectivity index (χ0v) is 16.5. The number of halogens is 3. The largest absolute Gasteiger partial charge is 0.490 e. The summed E-state index contributed by atoms with van der Waals surface area (Å²) in [6, 6.07) is 4.27. The number of likely N-dealkylation sites (tertiary alicyclic amines) is 1. The Balaban J connectivity index is 0.000000298. The van der Waals surface area contributed by atoms with Crippen LogP contribution in [0.3, 0.4) is 0 Å². The molecule has 29 heavy (non-hydrogen) atoms. The van der Waals surface area contributed by atoms with Gasteiger partial charge in [0.1, 0.15) is 0 Å². The van der Waals surface area contributed by atoms with Crippen LogP contribution in [0, 0.1) is 5.41 Å². The normalized spacial score (nSPS) is 22.2. The quantitative estimate of drug-likeness (QED) is 0.810. The van der Waals surface area contributed by atoms with Gasteiger partial charge in [0, 0.05) is 37.8 Å². The van der Waals surface area contributed by atoms with Gasteiger partial charge in [0.15, 0.2) is 0 Å². The van der Waals surface area contributed by atoms with Crippen LogP contribution in [0.1, 0.15) is 17.7 Å². The van der Waals surface area contributed by atoms with E-state index in [1.54, 1.807) is 22.2 Å². The molecule has 158 valence electrons. The maximum Gasteiger partial charge on any atom is 0.490 e. The summed E-state index contributed by atoms with van der Waals surface area (Å²) in [5.74, 6) is -2.47. The molecule has 2 fully saturated rings. The Morgan fingerprint density at radius 1 is 1.34 bits per heavy atom. The fourth-order valence-electron chi connectivity index (χ4n) is 3.71. The number of carboxylic acids is 1. The fourth-order valence-corrected chi connectivity index (χ4v) is 4.46. The van der Waals surface area contributed by atoms with Crippen molar-refractivity contribution in [1.29, 1.82) is 0 Å². The van der Waals surface area contributed by atoms with Gasteiger partial charge in [-0.05, 0) is 30.8 Å². The van der Waals surface area contributed by atoms with Crippen LogP contribution in [-0.4, -0.2) is 57.5 Å². The number of carbonyl (C=O) groups is 2. The van der Waals surface area contributed by atoms with E-state index in [9.17, 15) is 18.0 Å². The highest BCUT2D eigenvalue weighted by molar-refractivity contribution is 7.09. The molecular weight excluding hydrogens is 409 g/mol. The fraction of sp³-hybridized carbons (Fsp3) is 0.500. The smallest absolute Gasteiger partial charge is 0.475 e. The van der Waals surface area contributed by atoms with E-state index in [2.05, 4.69) is 27.5 Å². The van der Waals surface area contributed by atoms with Crippen LogP contribution in [-0.2, 0) is 23.2 Å². The van der Waals surface area contributed by atoms with Crippen LogP contribution < -0.4 is 4.90 Å². The molecule has 4 rings (SSSR count). The van der Waals surface area contributed by atoms with Gasteiger partial charge in [0.05, 0.1) is 17.3 Å². The van der Waals surface area contributed by atoms with Gasteiger partial charge in [-0.2, -0.15) is 18.3 Å². The van der Waals surface area contributed by atoms with E-state index in [0.717, 1.165) is 44.7 Å². The Labute approximate surface area is 169 Å². The summed E-state index contributed by atoms with van der Waals surface area (Å²) in [5, 5.41) is 13.4. The molecule has 1 spiro atoms. The van der Waals surface area contributed by atoms with Crippen LogP contribution in [0.2, 0.25) is 0 Å². The number of anilines is 1. The van der Waals surface area contributed by atoms with Crippen molar-refractivity contribution in [2.75, 3.05) is 24.5 Å². The van der Waals surface area contributed by atoms with Crippen LogP contribution in [0.4, 0.5) is 18.9 Å². The molecule has 7 nitrogen and oxygen atoms in total. The summed E-state index contributed by atoms with van der Waals surface area (Å²) in [6.07, 6.45) is 0.570. The van der Waals surface area contributed by atoms with Gasteiger partial charge in [-0.15, -0.1) is 11.3 Å². The number of hydrogen-bond acceptors (Lipinski definition) is 5. The van der Waals surface area contributed by atoms with Crippen molar-refractivity contribution in [3.8, 4) is 0 Å². The van der Waals surface area contributed by atoms with Crippen molar-refractivity contribution >= 4 is 28.9 Å². The second-order valence-corrected chi connectivity index (χ2v) is 8.23. The number of amides is 1. The number of carbonyl (C=O) groups excluding carboxylic acids is 1. The molecule has 2 aromatic rings. The third kappa shape index (κ3) is 4.78. The lowest BCUT2D eigenvalue weighted by molar-refractivity contribution is -0.192. The molecule has 2 aliphatic heterocycles. The van der Waals surface area contributed by atoms with E-state index in [0.29, 0.717) is 0 Å². The Bertz CT molecular complexity index is 868. The lowest BCUT2D eigenvalue weighted by Gasteiger charge is -2.23. The van der Waals surface area contributed by atoms with Crippen molar-refractivity contribution in [3.05, 3.63) is 34.8 Å². The Hall–Kier alpha value is -2.40. The number of aryl methyl sites for hydroxylation is 1. The third-order valence-electron chi connectivity index (χ3n) is 5.15. The van der Waals surface area contributed by atoms with Crippen molar-refractivity contribution in [3.63, 3.8) is 0 Å². The number of hydrogen-bond donors (Lipinski definition) is 1. The minimum Gasteiger partial charge on any atom is -0.475 e. The second kappa shape index (κ2) is 8.15. The molecule has 0 saturated carbocycles. The predicted octanol–water partition coefficient (Wildman–Crippen LogP) is 2.74. The minimum atomic E-state index is -5.08. The molecule has 0 bridgehead atoms.